The Morgan fingerprint density at radius 2 is 1.96 bits per heavy atom. The fourth-order valence-electron chi connectivity index (χ4n) is 2.87. The van der Waals surface area contributed by atoms with Crippen LogP contribution in [0.4, 0.5) is 5.13 Å². The monoisotopic (exact) mass is 410 g/mol. The smallest absolute Gasteiger partial charge is 0.278 e. The number of hydrogen-bond donors (Lipinski definition) is 0. The van der Waals surface area contributed by atoms with E-state index in [1.54, 1.807) is 21.7 Å². The lowest BCUT2D eigenvalue weighted by molar-refractivity contribution is 0.0979. The Morgan fingerprint density at radius 3 is 2.68 bits per heavy atom. The van der Waals surface area contributed by atoms with Crippen molar-refractivity contribution in [1.82, 2.24) is 14.8 Å². The first-order valence-electron chi connectivity index (χ1n) is 8.98. The molecule has 0 bridgehead atoms. The third-order valence-electron chi connectivity index (χ3n) is 4.36. The van der Waals surface area contributed by atoms with Crippen LogP contribution in [0.15, 0.2) is 60.8 Å². The van der Waals surface area contributed by atoms with Crippen LogP contribution < -0.4 is 4.90 Å². The second-order valence-corrected chi connectivity index (χ2v) is 8.21. The molecule has 0 aliphatic carbocycles. The van der Waals surface area contributed by atoms with Crippen molar-refractivity contribution < 1.29 is 4.79 Å². The van der Waals surface area contributed by atoms with Crippen molar-refractivity contribution >= 4 is 44.2 Å². The molecule has 4 aromatic rings. The summed E-state index contributed by atoms with van der Waals surface area (Å²) in [5.74, 6) is -0.173. The van der Waals surface area contributed by atoms with Gasteiger partial charge in [0.05, 0.1) is 16.8 Å². The maximum atomic E-state index is 13.3. The highest BCUT2D eigenvalue weighted by Crippen LogP contribution is 2.32. The van der Waals surface area contributed by atoms with Gasteiger partial charge in [0, 0.05) is 17.3 Å². The number of aromatic nitrogens is 3. The van der Waals surface area contributed by atoms with Crippen LogP contribution in [0.5, 0.6) is 0 Å². The van der Waals surface area contributed by atoms with Gasteiger partial charge in [-0.05, 0) is 43.7 Å². The zero-order valence-corrected chi connectivity index (χ0v) is 17.1. The molecule has 0 saturated carbocycles. The molecule has 2 aromatic carbocycles. The summed E-state index contributed by atoms with van der Waals surface area (Å²) < 4.78 is 2.73. The van der Waals surface area contributed by atoms with Gasteiger partial charge in [-0.25, -0.2) is 4.98 Å². The molecule has 0 radical (unpaired) electrons. The van der Waals surface area contributed by atoms with Gasteiger partial charge in [0.2, 0.25) is 0 Å². The van der Waals surface area contributed by atoms with E-state index in [2.05, 4.69) is 10.1 Å². The van der Waals surface area contributed by atoms with Gasteiger partial charge in [-0.3, -0.25) is 14.4 Å². The standard InChI is InChI=1S/C21H19ClN4OS/c1-14(2)26-11-10-18(24-26)20(27)25(13-15-6-4-3-5-7-15)21-23-17-9-8-16(22)12-19(17)28-21/h3-12,14H,13H2,1-2H3. The Labute approximate surface area is 172 Å². The SMILES string of the molecule is CC(C)n1ccc(C(=O)N(Cc2ccccc2)c2nc3ccc(Cl)cc3s2)n1. The molecule has 4 rings (SSSR count). The molecule has 0 N–H and O–H groups in total. The van der Waals surface area contributed by atoms with Crippen LogP contribution in [-0.2, 0) is 6.54 Å². The predicted molar refractivity (Wildman–Crippen MR) is 114 cm³/mol. The van der Waals surface area contributed by atoms with E-state index >= 15 is 0 Å². The van der Waals surface area contributed by atoms with Crippen LogP contribution in [0.1, 0.15) is 35.9 Å². The van der Waals surface area contributed by atoms with Gasteiger partial charge in [0.15, 0.2) is 10.8 Å². The Kier molecular flexibility index (Phi) is 5.15. The molecule has 0 aliphatic heterocycles. The van der Waals surface area contributed by atoms with Crippen molar-refractivity contribution in [1.29, 1.82) is 0 Å². The quantitative estimate of drug-likeness (QED) is 0.432. The van der Waals surface area contributed by atoms with Crippen molar-refractivity contribution in [3.05, 3.63) is 77.1 Å². The van der Waals surface area contributed by atoms with E-state index in [0.29, 0.717) is 22.4 Å². The Balaban J connectivity index is 1.74. The summed E-state index contributed by atoms with van der Waals surface area (Å²) in [6, 6.07) is 17.4. The minimum atomic E-state index is -0.173. The van der Waals surface area contributed by atoms with Gasteiger partial charge >= 0.3 is 0 Å². The highest BCUT2D eigenvalue weighted by molar-refractivity contribution is 7.22. The lowest BCUT2D eigenvalue weighted by Crippen LogP contribution is -2.30. The molecular formula is C21H19ClN4OS. The van der Waals surface area contributed by atoms with Crippen LogP contribution in [0, 0.1) is 0 Å². The summed E-state index contributed by atoms with van der Waals surface area (Å²) >= 11 is 7.56. The number of fused-ring (bicyclic) bond motifs is 1. The number of carbonyl (C=O) groups excluding carboxylic acids is 1. The minimum absolute atomic E-state index is 0.173. The van der Waals surface area contributed by atoms with Crippen LogP contribution in [-0.4, -0.2) is 20.7 Å². The first kappa shape index (κ1) is 18.7. The first-order valence-corrected chi connectivity index (χ1v) is 10.2. The molecule has 1 amide bonds. The summed E-state index contributed by atoms with van der Waals surface area (Å²) in [6.07, 6.45) is 1.83. The molecule has 142 valence electrons. The van der Waals surface area contributed by atoms with Crippen LogP contribution in [0.3, 0.4) is 0 Å². The van der Waals surface area contributed by atoms with E-state index in [4.69, 9.17) is 11.6 Å². The van der Waals surface area contributed by atoms with Crippen LogP contribution in [0.25, 0.3) is 10.2 Å². The normalized spacial score (nSPS) is 11.3. The van der Waals surface area contributed by atoms with Gasteiger partial charge in [-0.15, -0.1) is 0 Å². The van der Waals surface area contributed by atoms with Gasteiger partial charge in [-0.2, -0.15) is 5.10 Å². The molecule has 5 nitrogen and oxygen atoms in total. The molecule has 28 heavy (non-hydrogen) atoms. The fourth-order valence-corrected chi connectivity index (χ4v) is 4.11. The lowest BCUT2D eigenvalue weighted by Gasteiger charge is -2.19. The largest absolute Gasteiger partial charge is 0.280 e. The van der Waals surface area contributed by atoms with E-state index in [1.807, 2.05) is 62.5 Å². The molecule has 0 spiro atoms. The van der Waals surface area contributed by atoms with Gasteiger partial charge in [0.25, 0.3) is 5.91 Å². The highest BCUT2D eigenvalue weighted by Gasteiger charge is 2.24. The maximum absolute atomic E-state index is 13.3. The molecule has 0 aliphatic rings. The molecule has 2 aromatic heterocycles. The van der Waals surface area contributed by atoms with Crippen molar-refractivity contribution in [3.8, 4) is 0 Å². The number of rotatable bonds is 5. The average Bonchev–Trinajstić information content (AvgIpc) is 3.33. The van der Waals surface area contributed by atoms with Gasteiger partial charge < -0.3 is 0 Å². The van der Waals surface area contributed by atoms with E-state index in [0.717, 1.165) is 15.8 Å². The summed E-state index contributed by atoms with van der Waals surface area (Å²) in [6.45, 7) is 4.47. The number of benzene rings is 2. The zero-order valence-electron chi connectivity index (χ0n) is 15.5. The number of amides is 1. The number of thiazole rings is 1. The van der Waals surface area contributed by atoms with E-state index in [9.17, 15) is 4.79 Å². The molecular weight excluding hydrogens is 392 g/mol. The van der Waals surface area contributed by atoms with Crippen LogP contribution >= 0.6 is 22.9 Å². The highest BCUT2D eigenvalue weighted by atomic mass is 35.5. The second-order valence-electron chi connectivity index (χ2n) is 6.76. The van der Waals surface area contributed by atoms with Gasteiger partial charge in [-0.1, -0.05) is 53.3 Å². The summed E-state index contributed by atoms with van der Waals surface area (Å²) in [4.78, 5) is 19.7. The Morgan fingerprint density at radius 1 is 1.18 bits per heavy atom. The van der Waals surface area contributed by atoms with Crippen molar-refractivity contribution in [2.75, 3.05) is 4.90 Å². The number of halogens is 1. The molecule has 0 unspecified atom stereocenters. The van der Waals surface area contributed by atoms with E-state index in [-0.39, 0.29) is 11.9 Å². The third kappa shape index (κ3) is 3.79. The van der Waals surface area contributed by atoms with Crippen molar-refractivity contribution in [2.24, 2.45) is 0 Å². The molecule has 0 saturated heterocycles. The lowest BCUT2D eigenvalue weighted by atomic mass is 10.2. The Bertz CT molecular complexity index is 1120. The zero-order chi connectivity index (χ0) is 19.7. The first-order chi connectivity index (χ1) is 13.5. The third-order valence-corrected chi connectivity index (χ3v) is 5.63. The number of carbonyl (C=O) groups is 1. The molecule has 7 heteroatoms. The van der Waals surface area contributed by atoms with E-state index in [1.165, 1.54) is 11.3 Å². The summed E-state index contributed by atoms with van der Waals surface area (Å²) in [5.41, 5.74) is 2.25. The van der Waals surface area contributed by atoms with Crippen molar-refractivity contribution in [3.63, 3.8) is 0 Å². The summed E-state index contributed by atoms with van der Waals surface area (Å²) in [7, 11) is 0. The molecule has 0 fully saturated rings. The second kappa shape index (κ2) is 7.73. The number of anilines is 1. The van der Waals surface area contributed by atoms with Crippen molar-refractivity contribution in [2.45, 2.75) is 26.4 Å². The van der Waals surface area contributed by atoms with E-state index < -0.39 is 0 Å². The van der Waals surface area contributed by atoms with Gasteiger partial charge in [0.1, 0.15) is 0 Å². The molecule has 0 atom stereocenters. The number of hydrogen-bond acceptors (Lipinski definition) is 4. The fraction of sp³-hybridized carbons (Fsp3) is 0.190. The van der Waals surface area contributed by atoms with Crippen LogP contribution in [0.2, 0.25) is 5.02 Å². The Hall–Kier alpha value is -2.70. The topological polar surface area (TPSA) is 51.0 Å². The maximum Gasteiger partial charge on any atom is 0.280 e. The summed E-state index contributed by atoms with van der Waals surface area (Å²) in [5, 5.41) is 5.73. The minimum Gasteiger partial charge on any atom is -0.278 e. The number of nitrogens with zero attached hydrogens (tertiary/aromatic N) is 4. The average molecular weight is 411 g/mol. The predicted octanol–water partition coefficient (Wildman–Crippen LogP) is 5.57. The molecule has 2 heterocycles.